The Bertz CT molecular complexity index is 1490. The van der Waals surface area contributed by atoms with Gasteiger partial charge in [-0.05, 0) is 61.1 Å². The van der Waals surface area contributed by atoms with Gasteiger partial charge in [-0.2, -0.15) is 13.2 Å². The van der Waals surface area contributed by atoms with E-state index in [4.69, 9.17) is 0 Å². The first-order valence-electron chi connectivity index (χ1n) is 12.6. The lowest BCUT2D eigenvalue weighted by Crippen LogP contribution is -2.43. The lowest BCUT2D eigenvalue weighted by Gasteiger charge is -2.36. The van der Waals surface area contributed by atoms with Gasteiger partial charge in [-0.25, -0.2) is 18.4 Å². The standard InChI is InChI=1S/C27H25F6N3O4S/c1-2-24(41(38,39)21-5-3-4-20(13-21)26(28,29)30)17-8-10-36(11-9-17)25(37)22-7-6-18(19-14-34-16-35-15-19)12-23(22)40-27(31,32)33/h3-7,12-17,24H,2,8-11H2,1H3. The van der Waals surface area contributed by atoms with Crippen LogP contribution >= 0.6 is 0 Å². The summed E-state index contributed by atoms with van der Waals surface area (Å²) in [7, 11) is -4.14. The van der Waals surface area contributed by atoms with Crippen molar-refractivity contribution >= 4 is 15.7 Å². The maximum absolute atomic E-state index is 13.3. The van der Waals surface area contributed by atoms with Gasteiger partial charge < -0.3 is 9.64 Å². The second-order valence-electron chi connectivity index (χ2n) is 9.53. The summed E-state index contributed by atoms with van der Waals surface area (Å²) in [5.41, 5.74) is -0.695. The second kappa shape index (κ2) is 11.7. The molecule has 2 aromatic carbocycles. The predicted molar refractivity (Wildman–Crippen MR) is 135 cm³/mol. The number of ether oxygens (including phenoxy) is 1. The van der Waals surface area contributed by atoms with Crippen LogP contribution in [0.25, 0.3) is 11.1 Å². The fraction of sp³-hybridized carbons (Fsp3) is 0.370. The van der Waals surface area contributed by atoms with Gasteiger partial charge in [-0.1, -0.05) is 19.1 Å². The van der Waals surface area contributed by atoms with Gasteiger partial charge >= 0.3 is 12.5 Å². The first kappa shape index (κ1) is 30.3. The van der Waals surface area contributed by atoms with E-state index in [1.807, 2.05) is 0 Å². The molecule has 1 aliphatic rings. The van der Waals surface area contributed by atoms with Crippen LogP contribution < -0.4 is 4.74 Å². The molecule has 0 bridgehead atoms. The molecular formula is C27H25F6N3O4S. The topological polar surface area (TPSA) is 89.5 Å². The molecule has 41 heavy (non-hydrogen) atoms. The SMILES string of the molecule is CCC(C1CCN(C(=O)c2ccc(-c3cncnc3)cc2OC(F)(F)F)CC1)S(=O)(=O)c1cccc(C(F)(F)F)c1. The van der Waals surface area contributed by atoms with E-state index >= 15 is 0 Å². The summed E-state index contributed by atoms with van der Waals surface area (Å²) in [6.07, 6.45) is -5.22. The summed E-state index contributed by atoms with van der Waals surface area (Å²) in [6, 6.07) is 7.30. The zero-order valence-electron chi connectivity index (χ0n) is 21.6. The highest BCUT2D eigenvalue weighted by atomic mass is 32.2. The van der Waals surface area contributed by atoms with Crippen LogP contribution in [0.2, 0.25) is 0 Å². The highest BCUT2D eigenvalue weighted by Crippen LogP contribution is 2.36. The summed E-state index contributed by atoms with van der Waals surface area (Å²) >= 11 is 0. The van der Waals surface area contributed by atoms with Crippen molar-refractivity contribution < 1.29 is 44.3 Å². The molecule has 1 amide bonds. The zero-order chi connectivity index (χ0) is 30.0. The molecular weight excluding hydrogens is 576 g/mol. The highest BCUT2D eigenvalue weighted by Gasteiger charge is 2.39. The molecule has 0 aliphatic carbocycles. The molecule has 1 atom stereocenters. The van der Waals surface area contributed by atoms with Crippen LogP contribution in [0.1, 0.15) is 42.1 Å². The van der Waals surface area contributed by atoms with Gasteiger partial charge in [0.15, 0.2) is 9.84 Å². The average Bonchev–Trinajstić information content (AvgIpc) is 2.92. The summed E-state index contributed by atoms with van der Waals surface area (Å²) in [5.74, 6) is -1.91. The van der Waals surface area contributed by atoms with Crippen LogP contribution in [0.4, 0.5) is 26.3 Å². The minimum absolute atomic E-state index is 0.0395. The molecule has 0 spiro atoms. The van der Waals surface area contributed by atoms with Crippen LogP contribution in [0.5, 0.6) is 5.75 Å². The predicted octanol–water partition coefficient (Wildman–Crippen LogP) is 6.17. The summed E-state index contributed by atoms with van der Waals surface area (Å²) in [6.45, 7) is 1.70. The number of alkyl halides is 6. The van der Waals surface area contributed by atoms with Crippen molar-refractivity contribution in [2.45, 2.75) is 48.9 Å². The van der Waals surface area contributed by atoms with Crippen LogP contribution in [0.3, 0.4) is 0 Å². The van der Waals surface area contributed by atoms with Gasteiger partial charge in [0.2, 0.25) is 0 Å². The summed E-state index contributed by atoms with van der Waals surface area (Å²) in [5, 5.41) is -1.00. The molecule has 1 saturated heterocycles. The molecule has 1 unspecified atom stereocenters. The van der Waals surface area contributed by atoms with E-state index in [1.165, 1.54) is 35.8 Å². The zero-order valence-corrected chi connectivity index (χ0v) is 22.4. The van der Waals surface area contributed by atoms with E-state index in [1.54, 1.807) is 6.92 Å². The van der Waals surface area contributed by atoms with E-state index in [2.05, 4.69) is 14.7 Å². The lowest BCUT2D eigenvalue weighted by atomic mass is 9.91. The van der Waals surface area contributed by atoms with Crippen LogP contribution in [-0.2, 0) is 16.0 Å². The third kappa shape index (κ3) is 6.97. The number of hydrogen-bond donors (Lipinski definition) is 0. The van der Waals surface area contributed by atoms with Crippen LogP contribution in [0, 0.1) is 5.92 Å². The molecule has 4 rings (SSSR count). The number of likely N-dealkylation sites (tertiary alicyclic amines) is 1. The molecule has 0 saturated carbocycles. The van der Waals surface area contributed by atoms with Gasteiger partial charge in [0.25, 0.3) is 5.91 Å². The van der Waals surface area contributed by atoms with Crippen molar-refractivity contribution in [3.63, 3.8) is 0 Å². The second-order valence-corrected chi connectivity index (χ2v) is 11.7. The Morgan fingerprint density at radius 2 is 1.66 bits per heavy atom. The van der Waals surface area contributed by atoms with Gasteiger partial charge in [-0.15, -0.1) is 13.2 Å². The maximum Gasteiger partial charge on any atom is 0.573 e. The Balaban J connectivity index is 1.53. The molecule has 1 fully saturated rings. The molecule has 7 nitrogen and oxygen atoms in total. The molecule has 1 aliphatic heterocycles. The van der Waals surface area contributed by atoms with Crippen molar-refractivity contribution in [2.24, 2.45) is 5.92 Å². The van der Waals surface area contributed by atoms with Crippen molar-refractivity contribution in [1.82, 2.24) is 14.9 Å². The molecule has 0 radical (unpaired) electrons. The van der Waals surface area contributed by atoms with Crippen molar-refractivity contribution in [2.75, 3.05) is 13.1 Å². The Morgan fingerprint density at radius 3 is 2.24 bits per heavy atom. The Morgan fingerprint density at radius 1 is 1.00 bits per heavy atom. The van der Waals surface area contributed by atoms with Gasteiger partial charge in [0, 0.05) is 31.0 Å². The Kier molecular flexibility index (Phi) is 8.62. The number of rotatable bonds is 7. The summed E-state index contributed by atoms with van der Waals surface area (Å²) < 4.78 is 110. The number of piperidine rings is 1. The fourth-order valence-electron chi connectivity index (χ4n) is 5.01. The van der Waals surface area contributed by atoms with Crippen molar-refractivity contribution in [3.05, 3.63) is 72.3 Å². The van der Waals surface area contributed by atoms with Crippen molar-refractivity contribution in [3.8, 4) is 16.9 Å². The third-order valence-electron chi connectivity index (χ3n) is 6.98. The number of amides is 1. The Labute approximate surface area is 232 Å². The highest BCUT2D eigenvalue weighted by molar-refractivity contribution is 7.92. The number of benzene rings is 2. The van der Waals surface area contributed by atoms with Gasteiger partial charge in [-0.3, -0.25) is 4.79 Å². The largest absolute Gasteiger partial charge is 0.573 e. The third-order valence-corrected chi connectivity index (χ3v) is 9.40. The normalized spacial score (nSPS) is 15.9. The minimum atomic E-state index is -5.07. The molecule has 2 heterocycles. The summed E-state index contributed by atoms with van der Waals surface area (Å²) in [4.78, 5) is 21.8. The number of hydrogen-bond acceptors (Lipinski definition) is 6. The van der Waals surface area contributed by atoms with E-state index in [0.29, 0.717) is 17.2 Å². The van der Waals surface area contributed by atoms with E-state index in [-0.39, 0.29) is 37.9 Å². The van der Waals surface area contributed by atoms with E-state index in [9.17, 15) is 39.6 Å². The molecule has 220 valence electrons. The number of nitrogens with zero attached hydrogens (tertiary/aromatic N) is 3. The number of aromatic nitrogens is 2. The number of halogens is 6. The quantitative estimate of drug-likeness (QED) is 0.301. The van der Waals surface area contributed by atoms with E-state index < -0.39 is 55.7 Å². The number of sulfone groups is 1. The van der Waals surface area contributed by atoms with E-state index in [0.717, 1.165) is 24.3 Å². The molecule has 1 aromatic heterocycles. The number of carbonyl (C=O) groups excluding carboxylic acids is 1. The van der Waals surface area contributed by atoms with Gasteiger partial charge in [0.1, 0.15) is 12.1 Å². The van der Waals surface area contributed by atoms with Crippen LogP contribution in [0.15, 0.2) is 66.1 Å². The lowest BCUT2D eigenvalue weighted by molar-refractivity contribution is -0.274. The van der Waals surface area contributed by atoms with Gasteiger partial charge in [0.05, 0.1) is 21.3 Å². The average molecular weight is 602 g/mol. The minimum Gasteiger partial charge on any atom is -0.405 e. The fourth-order valence-corrected chi connectivity index (χ4v) is 7.14. The first-order chi connectivity index (χ1) is 19.2. The van der Waals surface area contributed by atoms with Crippen LogP contribution in [-0.4, -0.2) is 53.9 Å². The number of carbonyl (C=O) groups is 1. The molecule has 14 heteroatoms. The monoisotopic (exact) mass is 601 g/mol. The Hall–Kier alpha value is -3.68. The maximum atomic E-state index is 13.3. The molecule has 0 N–H and O–H groups in total. The molecule has 3 aromatic rings. The smallest absolute Gasteiger partial charge is 0.405 e. The first-order valence-corrected chi connectivity index (χ1v) is 14.1. The van der Waals surface area contributed by atoms with Crippen molar-refractivity contribution in [1.29, 1.82) is 0 Å².